The first-order valence-electron chi connectivity index (χ1n) is 6.67. The third-order valence-corrected chi connectivity index (χ3v) is 4.29. The van der Waals surface area contributed by atoms with Gasteiger partial charge in [0.25, 0.3) is 0 Å². The summed E-state index contributed by atoms with van der Waals surface area (Å²) in [6.45, 7) is 2.16. The number of rotatable bonds is 6. The van der Waals surface area contributed by atoms with Crippen LogP contribution in [-0.4, -0.2) is 24.2 Å². The molecule has 1 N–H and O–H groups in total. The van der Waals surface area contributed by atoms with E-state index < -0.39 is 0 Å². The van der Waals surface area contributed by atoms with Gasteiger partial charge in [-0.2, -0.15) is 0 Å². The Labute approximate surface area is 123 Å². The van der Waals surface area contributed by atoms with E-state index in [1.165, 1.54) is 11.3 Å². The number of benzene rings is 1. The molecule has 0 aliphatic rings. The van der Waals surface area contributed by atoms with Crippen LogP contribution in [0.4, 0.5) is 10.8 Å². The first kappa shape index (κ1) is 14.8. The molecular formula is C15H20N2O2S. The van der Waals surface area contributed by atoms with Crippen LogP contribution in [0.2, 0.25) is 0 Å². The minimum atomic E-state index is 0.0484. The molecule has 1 aromatic heterocycles. The van der Waals surface area contributed by atoms with E-state index >= 15 is 0 Å². The Morgan fingerprint density at radius 3 is 2.75 bits per heavy atom. The summed E-state index contributed by atoms with van der Waals surface area (Å²) in [4.78, 5) is 7.60. The van der Waals surface area contributed by atoms with Crippen molar-refractivity contribution in [3.05, 3.63) is 34.8 Å². The lowest BCUT2D eigenvalue weighted by atomic mass is 10.2. The van der Waals surface area contributed by atoms with E-state index in [-0.39, 0.29) is 6.61 Å². The van der Waals surface area contributed by atoms with E-state index in [1.54, 1.807) is 7.11 Å². The Balaban J connectivity index is 2.35. The Hall–Kier alpha value is -1.59. The molecule has 0 aliphatic carbocycles. The van der Waals surface area contributed by atoms with Gasteiger partial charge in [-0.15, -0.1) is 0 Å². The van der Waals surface area contributed by atoms with Gasteiger partial charge >= 0.3 is 0 Å². The monoisotopic (exact) mass is 292 g/mol. The maximum absolute atomic E-state index is 9.44. The van der Waals surface area contributed by atoms with Crippen molar-refractivity contribution < 1.29 is 9.84 Å². The van der Waals surface area contributed by atoms with Gasteiger partial charge in [0, 0.05) is 7.05 Å². The standard InChI is InChI=1S/C15H20N2O2S/c1-4-7-11-14(10-18)20-15(16-11)17(2)12-8-5-6-9-13(12)19-3/h5-6,8-9,18H,4,7,10H2,1-3H3. The summed E-state index contributed by atoms with van der Waals surface area (Å²) in [6.07, 6.45) is 1.92. The van der Waals surface area contributed by atoms with Crippen molar-refractivity contribution in [2.24, 2.45) is 0 Å². The molecule has 0 radical (unpaired) electrons. The predicted octanol–water partition coefficient (Wildman–Crippen LogP) is 3.36. The minimum Gasteiger partial charge on any atom is -0.495 e. The number of anilines is 2. The molecule has 0 saturated heterocycles. The zero-order valence-corrected chi connectivity index (χ0v) is 12.9. The summed E-state index contributed by atoms with van der Waals surface area (Å²) in [5, 5.41) is 10.3. The van der Waals surface area contributed by atoms with Gasteiger partial charge in [0.2, 0.25) is 0 Å². The first-order chi connectivity index (χ1) is 9.71. The van der Waals surface area contributed by atoms with Crippen LogP contribution in [0.3, 0.4) is 0 Å². The second kappa shape index (κ2) is 6.72. The Kier molecular flexibility index (Phi) is 4.98. The van der Waals surface area contributed by atoms with Gasteiger partial charge in [-0.1, -0.05) is 36.8 Å². The van der Waals surface area contributed by atoms with Crippen LogP contribution in [0.25, 0.3) is 0 Å². The van der Waals surface area contributed by atoms with Crippen molar-refractivity contribution in [2.75, 3.05) is 19.1 Å². The maximum atomic E-state index is 9.44. The highest BCUT2D eigenvalue weighted by Crippen LogP contribution is 2.35. The molecular weight excluding hydrogens is 272 g/mol. The number of ether oxygens (including phenoxy) is 1. The summed E-state index contributed by atoms with van der Waals surface area (Å²) in [5.41, 5.74) is 1.97. The Morgan fingerprint density at radius 1 is 1.35 bits per heavy atom. The molecule has 2 aromatic rings. The van der Waals surface area contributed by atoms with Crippen molar-refractivity contribution in [2.45, 2.75) is 26.4 Å². The molecule has 20 heavy (non-hydrogen) atoms. The fraction of sp³-hybridized carbons (Fsp3) is 0.400. The van der Waals surface area contributed by atoms with Crippen molar-refractivity contribution in [1.82, 2.24) is 4.98 Å². The number of aryl methyl sites for hydroxylation is 1. The van der Waals surface area contributed by atoms with E-state index in [0.717, 1.165) is 40.0 Å². The Bertz CT molecular complexity index is 569. The van der Waals surface area contributed by atoms with Crippen LogP contribution in [0.15, 0.2) is 24.3 Å². The molecule has 2 rings (SSSR count). The largest absolute Gasteiger partial charge is 0.495 e. The van der Waals surface area contributed by atoms with Crippen LogP contribution in [-0.2, 0) is 13.0 Å². The van der Waals surface area contributed by atoms with Crippen LogP contribution >= 0.6 is 11.3 Å². The van der Waals surface area contributed by atoms with Gasteiger partial charge in [-0.3, -0.25) is 0 Å². The van der Waals surface area contributed by atoms with E-state index in [1.807, 2.05) is 36.2 Å². The van der Waals surface area contributed by atoms with Gasteiger partial charge in [-0.05, 0) is 18.6 Å². The summed E-state index contributed by atoms with van der Waals surface area (Å²) in [7, 11) is 3.63. The minimum absolute atomic E-state index is 0.0484. The summed E-state index contributed by atoms with van der Waals surface area (Å²) in [6, 6.07) is 7.85. The molecule has 1 aromatic carbocycles. The highest BCUT2D eigenvalue weighted by molar-refractivity contribution is 7.15. The van der Waals surface area contributed by atoms with E-state index in [9.17, 15) is 5.11 Å². The molecule has 0 atom stereocenters. The van der Waals surface area contributed by atoms with Gasteiger partial charge < -0.3 is 14.7 Å². The number of para-hydroxylation sites is 2. The molecule has 0 spiro atoms. The average Bonchev–Trinajstić information content (AvgIpc) is 2.90. The molecule has 0 fully saturated rings. The summed E-state index contributed by atoms with van der Waals surface area (Å²) >= 11 is 1.53. The third kappa shape index (κ3) is 2.94. The molecule has 0 bridgehead atoms. The van der Waals surface area contributed by atoms with Crippen LogP contribution < -0.4 is 9.64 Å². The van der Waals surface area contributed by atoms with Crippen molar-refractivity contribution in [3.63, 3.8) is 0 Å². The number of aromatic nitrogens is 1. The molecule has 108 valence electrons. The zero-order chi connectivity index (χ0) is 14.5. The summed E-state index contributed by atoms with van der Waals surface area (Å²) < 4.78 is 5.38. The lowest BCUT2D eigenvalue weighted by Crippen LogP contribution is -2.10. The maximum Gasteiger partial charge on any atom is 0.190 e. The van der Waals surface area contributed by atoms with Gasteiger partial charge in [0.15, 0.2) is 5.13 Å². The zero-order valence-electron chi connectivity index (χ0n) is 12.1. The summed E-state index contributed by atoms with van der Waals surface area (Å²) in [5.74, 6) is 0.813. The number of hydrogen-bond acceptors (Lipinski definition) is 5. The fourth-order valence-electron chi connectivity index (χ4n) is 2.08. The van der Waals surface area contributed by atoms with E-state index in [0.29, 0.717) is 0 Å². The molecule has 0 saturated carbocycles. The average molecular weight is 292 g/mol. The lowest BCUT2D eigenvalue weighted by Gasteiger charge is -2.18. The first-order valence-corrected chi connectivity index (χ1v) is 7.49. The second-order valence-electron chi connectivity index (χ2n) is 4.51. The predicted molar refractivity (Wildman–Crippen MR) is 83.1 cm³/mol. The number of nitrogens with zero attached hydrogens (tertiary/aromatic N) is 2. The topological polar surface area (TPSA) is 45.6 Å². The fourth-order valence-corrected chi connectivity index (χ4v) is 3.02. The van der Waals surface area contributed by atoms with E-state index in [4.69, 9.17) is 4.74 Å². The lowest BCUT2D eigenvalue weighted by molar-refractivity contribution is 0.284. The number of aliphatic hydroxyl groups is 1. The quantitative estimate of drug-likeness (QED) is 0.886. The molecule has 4 nitrogen and oxygen atoms in total. The molecule has 0 aliphatic heterocycles. The highest BCUT2D eigenvalue weighted by atomic mass is 32.1. The SMILES string of the molecule is CCCc1nc(N(C)c2ccccc2OC)sc1CO. The van der Waals surface area contributed by atoms with Gasteiger partial charge in [0.1, 0.15) is 5.75 Å². The highest BCUT2D eigenvalue weighted by Gasteiger charge is 2.16. The van der Waals surface area contributed by atoms with Crippen molar-refractivity contribution in [1.29, 1.82) is 0 Å². The molecule has 5 heteroatoms. The van der Waals surface area contributed by atoms with Gasteiger partial charge in [-0.25, -0.2) is 4.98 Å². The number of thiazole rings is 1. The number of methoxy groups -OCH3 is 1. The molecule has 0 amide bonds. The number of aliphatic hydroxyl groups excluding tert-OH is 1. The van der Waals surface area contributed by atoms with Crippen LogP contribution in [0.5, 0.6) is 5.75 Å². The Morgan fingerprint density at radius 2 is 2.10 bits per heavy atom. The normalized spacial score (nSPS) is 10.6. The second-order valence-corrected chi connectivity index (χ2v) is 5.57. The van der Waals surface area contributed by atoms with Crippen LogP contribution in [0, 0.1) is 0 Å². The molecule has 1 heterocycles. The third-order valence-electron chi connectivity index (χ3n) is 3.13. The van der Waals surface area contributed by atoms with E-state index in [2.05, 4.69) is 11.9 Å². The number of hydrogen-bond donors (Lipinski definition) is 1. The smallest absolute Gasteiger partial charge is 0.190 e. The van der Waals surface area contributed by atoms with Crippen molar-refractivity contribution in [3.8, 4) is 5.75 Å². The van der Waals surface area contributed by atoms with Gasteiger partial charge in [0.05, 0.1) is 30.0 Å². The van der Waals surface area contributed by atoms with Crippen LogP contribution in [0.1, 0.15) is 23.9 Å². The molecule has 0 unspecified atom stereocenters. The van der Waals surface area contributed by atoms with Crippen molar-refractivity contribution >= 4 is 22.2 Å².